The van der Waals surface area contributed by atoms with E-state index in [2.05, 4.69) is 301 Å². The van der Waals surface area contributed by atoms with Gasteiger partial charge in [0.15, 0.2) is 34.9 Å². The summed E-state index contributed by atoms with van der Waals surface area (Å²) in [6.45, 7) is 0. The Balaban J connectivity index is 0.000000145. The third-order valence-electron chi connectivity index (χ3n) is 21.8. The Kier molecular flexibility index (Phi) is 17.3. The highest BCUT2D eigenvalue weighted by Gasteiger charge is 2.25. The molecule has 0 unspecified atom stereocenters. The highest BCUT2D eigenvalue weighted by Crippen LogP contribution is 2.47. The highest BCUT2D eigenvalue weighted by molar-refractivity contribution is 6.24. The minimum atomic E-state index is 0.589. The van der Waals surface area contributed by atoms with Crippen LogP contribution < -0.4 is 9.80 Å². The van der Waals surface area contributed by atoms with Crippen molar-refractivity contribution in [3.05, 3.63) is 413 Å². The third kappa shape index (κ3) is 12.9. The van der Waals surface area contributed by atoms with Gasteiger partial charge in [0.25, 0.3) is 0 Å². The zero-order valence-electron chi connectivity index (χ0n) is 62.7. The molecule has 10 heteroatoms. The second-order valence-electron chi connectivity index (χ2n) is 28.9. The lowest BCUT2D eigenvalue weighted by Crippen LogP contribution is -2.09. The molecule has 0 bridgehead atoms. The Hall–Kier alpha value is -15.8. The fourth-order valence-electron chi connectivity index (χ4n) is 16.2. The Bertz CT molecular complexity index is 7160. The molecule has 0 fully saturated rings. The van der Waals surface area contributed by atoms with Crippen LogP contribution in [0, 0.1) is 0 Å². The summed E-state index contributed by atoms with van der Waals surface area (Å²) in [5, 5.41) is 13.2. The average Bonchev–Trinajstić information content (AvgIpc) is 1.59. The third-order valence-corrected chi connectivity index (χ3v) is 21.8. The molecule has 0 aliphatic carbocycles. The van der Waals surface area contributed by atoms with Crippen LogP contribution in [-0.4, -0.2) is 29.9 Å². The van der Waals surface area contributed by atoms with Crippen molar-refractivity contribution in [2.75, 3.05) is 9.80 Å². The lowest BCUT2D eigenvalue weighted by molar-refractivity contribution is 0.669. The first-order chi connectivity index (χ1) is 57.5. The molecule has 10 nitrogen and oxygen atoms in total. The van der Waals surface area contributed by atoms with Gasteiger partial charge in [-0.25, -0.2) is 29.9 Å². The molecule has 4 aromatic heterocycles. The molecule has 0 saturated carbocycles. The van der Waals surface area contributed by atoms with Crippen molar-refractivity contribution in [1.29, 1.82) is 0 Å². The van der Waals surface area contributed by atoms with Gasteiger partial charge in [-0.1, -0.05) is 315 Å². The van der Waals surface area contributed by atoms with Gasteiger partial charge in [0.1, 0.15) is 22.3 Å². The molecule has 22 rings (SSSR count). The summed E-state index contributed by atoms with van der Waals surface area (Å²) in [4.78, 5) is 34.9. The molecule has 0 spiro atoms. The fraction of sp³-hybridized carbons (Fsp3) is 0. The maximum Gasteiger partial charge on any atom is 0.164 e. The Morgan fingerprint density at radius 2 is 0.422 bits per heavy atom. The van der Waals surface area contributed by atoms with Gasteiger partial charge in [-0.2, -0.15) is 0 Å². The lowest BCUT2D eigenvalue weighted by atomic mass is 9.98. The van der Waals surface area contributed by atoms with Gasteiger partial charge in [-0.05, 0) is 162 Å². The second kappa shape index (κ2) is 29.5. The maximum atomic E-state index is 6.74. The Morgan fingerprint density at radius 1 is 0.164 bits per heavy atom. The van der Waals surface area contributed by atoms with Crippen molar-refractivity contribution < 1.29 is 8.83 Å². The highest BCUT2D eigenvalue weighted by atomic mass is 16.3. The Morgan fingerprint density at radius 3 is 0.776 bits per heavy atom. The predicted octanol–water partition coefficient (Wildman–Crippen LogP) is 28.4. The molecule has 544 valence electrons. The van der Waals surface area contributed by atoms with E-state index in [1.54, 1.807) is 0 Å². The van der Waals surface area contributed by atoms with Crippen LogP contribution in [0.15, 0.2) is 421 Å². The molecule has 0 N–H and O–H groups in total. The number of benzene rings is 18. The molecule has 0 amide bonds. The van der Waals surface area contributed by atoms with Crippen LogP contribution in [0.5, 0.6) is 0 Å². The normalized spacial score (nSPS) is 11.4. The molecule has 4 heterocycles. The number of hydrogen-bond donors (Lipinski definition) is 0. The van der Waals surface area contributed by atoms with Crippen LogP contribution in [0.1, 0.15) is 0 Å². The predicted molar refractivity (Wildman–Crippen MR) is 477 cm³/mol. The number of anilines is 6. The van der Waals surface area contributed by atoms with E-state index < -0.39 is 0 Å². The summed E-state index contributed by atoms with van der Waals surface area (Å²) in [7, 11) is 0. The summed E-state index contributed by atoms with van der Waals surface area (Å²) in [5.41, 5.74) is 19.7. The standard InChI is InChI=1S/C55H36N4O.C51H32N4O/c1-5-15-37(16-6-1)39-25-29-43(30-26-39)59(44-31-27-40(28-32-44)38-17-7-2-8-18-38)45-33-34-50-49(35-45)52-47-24-14-13-23-46(47)48(36-51(52)60-50)55-57-53(41-19-9-3-10-20-41)56-54(58-55)42-21-11-4-12-22-42;1-3-15-35(16-4-1)49-52-50(36-17-5-2-6-18-36)54-51(53-49)44-32-47-48(43-22-12-11-21-42(43)44)45-31-41(27-28-46(45)56-47)55(39-25-23-33-13-7-9-19-37(33)29-39)40-26-24-34-14-8-10-20-38(34)30-40/h1-36H;1-32H. The van der Waals surface area contributed by atoms with Crippen molar-refractivity contribution in [2.45, 2.75) is 0 Å². The van der Waals surface area contributed by atoms with Crippen molar-refractivity contribution in [2.24, 2.45) is 0 Å². The number of aromatic nitrogens is 6. The summed E-state index contributed by atoms with van der Waals surface area (Å²) >= 11 is 0. The van der Waals surface area contributed by atoms with Crippen molar-refractivity contribution in [1.82, 2.24) is 29.9 Å². The monoisotopic (exact) mass is 1480 g/mol. The Labute approximate surface area is 668 Å². The van der Waals surface area contributed by atoms with Gasteiger partial charge in [0.2, 0.25) is 0 Å². The van der Waals surface area contributed by atoms with E-state index in [0.29, 0.717) is 34.9 Å². The number of nitrogens with zero attached hydrogens (tertiary/aromatic N) is 8. The molecule has 0 aliphatic rings. The van der Waals surface area contributed by atoms with E-state index in [1.807, 2.05) is 121 Å². The van der Waals surface area contributed by atoms with E-state index in [-0.39, 0.29) is 0 Å². The van der Waals surface area contributed by atoms with Crippen LogP contribution in [0.4, 0.5) is 34.1 Å². The van der Waals surface area contributed by atoms with E-state index >= 15 is 0 Å². The van der Waals surface area contributed by atoms with E-state index in [0.717, 1.165) is 133 Å². The second-order valence-corrected chi connectivity index (χ2v) is 28.9. The molecular weight excluding hydrogens is 1420 g/mol. The number of furan rings is 2. The molecular formula is C106H68N8O2. The zero-order valence-corrected chi connectivity index (χ0v) is 62.7. The topological polar surface area (TPSA) is 110 Å². The van der Waals surface area contributed by atoms with Crippen molar-refractivity contribution in [3.8, 4) is 90.6 Å². The number of fused-ring (bicyclic) bond motifs is 12. The first kappa shape index (κ1) is 68.3. The van der Waals surface area contributed by atoms with Crippen LogP contribution in [0.3, 0.4) is 0 Å². The molecule has 18 aromatic carbocycles. The van der Waals surface area contributed by atoms with Gasteiger partial charge in [0, 0.05) is 89.0 Å². The number of hydrogen-bond acceptors (Lipinski definition) is 10. The van der Waals surface area contributed by atoms with Crippen LogP contribution in [0.25, 0.3) is 178 Å². The summed E-state index contributed by atoms with van der Waals surface area (Å²) < 4.78 is 13.5. The van der Waals surface area contributed by atoms with Crippen LogP contribution in [-0.2, 0) is 0 Å². The SMILES string of the molecule is c1ccc(-c2ccc(N(c3ccc(-c4ccccc4)cc3)c3ccc4oc5cc(-c6nc(-c7ccccc7)nc(-c7ccccc7)n6)c6ccccc6c5c4c3)cc2)cc1.c1ccc(-c2nc(-c3ccccc3)nc(-c3cc4oc5ccc(N(c6ccc7ccccc7c6)c6ccc7ccccc7c6)cc5c4c4ccccc34)n2)cc1. The molecule has 116 heavy (non-hydrogen) atoms. The smallest absolute Gasteiger partial charge is 0.164 e. The molecule has 0 saturated heterocycles. The van der Waals surface area contributed by atoms with E-state index in [9.17, 15) is 0 Å². The maximum absolute atomic E-state index is 6.74. The van der Waals surface area contributed by atoms with Crippen molar-refractivity contribution >= 4 is 121 Å². The van der Waals surface area contributed by atoms with E-state index in [1.165, 1.54) is 43.8 Å². The summed E-state index contributed by atoms with van der Waals surface area (Å²) in [6, 6.07) is 143. The van der Waals surface area contributed by atoms with Gasteiger partial charge < -0.3 is 18.6 Å². The summed E-state index contributed by atoms with van der Waals surface area (Å²) in [6.07, 6.45) is 0. The number of rotatable bonds is 14. The molecule has 0 radical (unpaired) electrons. The zero-order chi connectivity index (χ0) is 76.8. The van der Waals surface area contributed by atoms with Gasteiger partial charge in [-0.3, -0.25) is 0 Å². The summed E-state index contributed by atoms with van der Waals surface area (Å²) in [5.74, 6) is 3.66. The quantitative estimate of drug-likeness (QED) is 0.104. The fourth-order valence-corrected chi connectivity index (χ4v) is 16.2. The molecule has 0 aliphatic heterocycles. The van der Waals surface area contributed by atoms with Gasteiger partial charge in [-0.15, -0.1) is 0 Å². The van der Waals surface area contributed by atoms with Crippen LogP contribution >= 0.6 is 0 Å². The van der Waals surface area contributed by atoms with E-state index in [4.69, 9.17) is 38.7 Å². The molecule has 22 aromatic rings. The minimum Gasteiger partial charge on any atom is -0.456 e. The first-order valence-electron chi connectivity index (χ1n) is 38.9. The van der Waals surface area contributed by atoms with Crippen molar-refractivity contribution in [3.63, 3.8) is 0 Å². The lowest BCUT2D eigenvalue weighted by Gasteiger charge is -2.26. The van der Waals surface area contributed by atoms with Gasteiger partial charge >= 0.3 is 0 Å². The first-order valence-corrected chi connectivity index (χ1v) is 38.9. The molecule has 0 atom stereocenters. The van der Waals surface area contributed by atoms with Crippen LogP contribution in [0.2, 0.25) is 0 Å². The minimum absolute atomic E-state index is 0.589. The largest absolute Gasteiger partial charge is 0.456 e. The average molecular weight is 1490 g/mol. The van der Waals surface area contributed by atoms with Gasteiger partial charge in [0.05, 0.1) is 0 Å².